The zero-order chi connectivity index (χ0) is 19.7. The van der Waals surface area contributed by atoms with Crippen LogP contribution in [0.5, 0.6) is 5.75 Å². The number of nitrogens with zero attached hydrogens (tertiary/aromatic N) is 1. The summed E-state index contributed by atoms with van der Waals surface area (Å²) >= 11 is 0. The van der Waals surface area contributed by atoms with Gasteiger partial charge in [0.1, 0.15) is 11.2 Å². The second kappa shape index (κ2) is 7.30. The van der Waals surface area contributed by atoms with Crippen molar-refractivity contribution < 1.29 is 14.3 Å². The number of fused-ring (bicyclic) bond motifs is 1. The van der Waals surface area contributed by atoms with Gasteiger partial charge in [0, 0.05) is 18.3 Å². The summed E-state index contributed by atoms with van der Waals surface area (Å²) in [7, 11) is 1.64. The number of hydrogen-bond donors (Lipinski definition) is 1. The third-order valence-electron chi connectivity index (χ3n) is 5.85. The molecule has 1 aliphatic heterocycles. The van der Waals surface area contributed by atoms with Gasteiger partial charge < -0.3 is 15.0 Å². The van der Waals surface area contributed by atoms with E-state index in [4.69, 9.17) is 4.74 Å². The highest BCUT2D eigenvalue weighted by atomic mass is 16.5. The van der Waals surface area contributed by atoms with E-state index in [2.05, 4.69) is 18.3 Å². The van der Waals surface area contributed by atoms with E-state index in [9.17, 15) is 9.59 Å². The van der Waals surface area contributed by atoms with Crippen molar-refractivity contribution in [1.82, 2.24) is 5.32 Å². The van der Waals surface area contributed by atoms with Crippen molar-refractivity contribution in [3.63, 3.8) is 0 Å². The summed E-state index contributed by atoms with van der Waals surface area (Å²) in [5.41, 5.74) is 2.34. The number of para-hydroxylation sites is 1. The number of nitrogens with one attached hydrogen (secondary N) is 1. The van der Waals surface area contributed by atoms with Gasteiger partial charge in [0.15, 0.2) is 0 Å². The lowest BCUT2D eigenvalue weighted by Gasteiger charge is -2.27. The lowest BCUT2D eigenvalue weighted by molar-refractivity contribution is -0.135. The second-order valence-electron chi connectivity index (χ2n) is 7.80. The smallest absolute Gasteiger partial charge is 0.242 e. The summed E-state index contributed by atoms with van der Waals surface area (Å²) in [4.78, 5) is 28.0. The van der Waals surface area contributed by atoms with Crippen LogP contribution in [0.15, 0.2) is 48.5 Å². The van der Waals surface area contributed by atoms with Crippen LogP contribution in [0.4, 0.5) is 5.69 Å². The third kappa shape index (κ3) is 3.26. The topological polar surface area (TPSA) is 58.6 Å². The maximum absolute atomic E-state index is 13.3. The SMILES string of the molecule is COc1cccc(CCNC(=O)C2(C(=O)N3c4ccccc4CC3C)CC2)c1. The fourth-order valence-corrected chi connectivity index (χ4v) is 4.09. The summed E-state index contributed by atoms with van der Waals surface area (Å²) in [5.74, 6) is 0.611. The molecule has 1 unspecified atom stereocenters. The second-order valence-corrected chi connectivity index (χ2v) is 7.80. The van der Waals surface area contributed by atoms with Gasteiger partial charge in [0.05, 0.1) is 7.11 Å². The van der Waals surface area contributed by atoms with Gasteiger partial charge in [-0.2, -0.15) is 0 Å². The molecule has 1 atom stereocenters. The third-order valence-corrected chi connectivity index (χ3v) is 5.85. The molecule has 2 aromatic rings. The number of carbonyl (C=O) groups excluding carboxylic acids is 2. The lowest BCUT2D eigenvalue weighted by atomic mass is 10.0. The van der Waals surface area contributed by atoms with Gasteiger partial charge in [-0.25, -0.2) is 0 Å². The van der Waals surface area contributed by atoms with E-state index in [0.29, 0.717) is 25.8 Å². The summed E-state index contributed by atoms with van der Waals surface area (Å²) in [6, 6.07) is 15.9. The number of carbonyl (C=O) groups is 2. The predicted molar refractivity (Wildman–Crippen MR) is 108 cm³/mol. The summed E-state index contributed by atoms with van der Waals surface area (Å²) < 4.78 is 5.24. The molecule has 146 valence electrons. The number of amides is 2. The van der Waals surface area contributed by atoms with E-state index in [-0.39, 0.29) is 17.9 Å². The molecular weight excluding hydrogens is 352 g/mol. The van der Waals surface area contributed by atoms with E-state index in [0.717, 1.165) is 23.4 Å². The van der Waals surface area contributed by atoms with E-state index in [1.165, 1.54) is 5.56 Å². The van der Waals surface area contributed by atoms with E-state index < -0.39 is 5.41 Å². The Balaban J connectivity index is 1.41. The van der Waals surface area contributed by atoms with Crippen LogP contribution in [0.1, 0.15) is 30.9 Å². The average molecular weight is 378 g/mol. The summed E-state index contributed by atoms with van der Waals surface area (Å²) in [6.45, 7) is 2.56. The van der Waals surface area contributed by atoms with Crippen molar-refractivity contribution in [3.05, 3.63) is 59.7 Å². The standard InChI is InChI=1S/C23H26N2O3/c1-16-14-18-7-3-4-9-20(18)25(16)22(27)23(11-12-23)21(26)24-13-10-17-6-5-8-19(15-17)28-2/h3-9,15-16H,10-14H2,1-2H3,(H,24,26). The number of hydrogen-bond acceptors (Lipinski definition) is 3. The van der Waals surface area contributed by atoms with Gasteiger partial charge in [-0.05, 0) is 61.9 Å². The molecule has 1 aliphatic carbocycles. The molecule has 0 bridgehead atoms. The van der Waals surface area contributed by atoms with Crippen LogP contribution < -0.4 is 15.0 Å². The van der Waals surface area contributed by atoms with Crippen LogP contribution in [-0.2, 0) is 22.4 Å². The van der Waals surface area contributed by atoms with Crippen LogP contribution in [0, 0.1) is 5.41 Å². The zero-order valence-electron chi connectivity index (χ0n) is 16.4. The number of methoxy groups -OCH3 is 1. The molecule has 4 rings (SSSR count). The fourth-order valence-electron chi connectivity index (χ4n) is 4.09. The van der Waals surface area contributed by atoms with Crippen molar-refractivity contribution in [3.8, 4) is 5.75 Å². The molecule has 1 fully saturated rings. The van der Waals surface area contributed by atoms with Gasteiger partial charge in [-0.3, -0.25) is 9.59 Å². The van der Waals surface area contributed by atoms with Crippen LogP contribution in [0.2, 0.25) is 0 Å². The van der Waals surface area contributed by atoms with E-state index in [1.54, 1.807) is 7.11 Å². The van der Waals surface area contributed by atoms with Crippen LogP contribution >= 0.6 is 0 Å². The Morgan fingerprint density at radius 3 is 2.71 bits per heavy atom. The first-order valence-corrected chi connectivity index (χ1v) is 9.88. The number of anilines is 1. The quantitative estimate of drug-likeness (QED) is 0.786. The van der Waals surface area contributed by atoms with Crippen molar-refractivity contribution in [2.75, 3.05) is 18.6 Å². The average Bonchev–Trinajstić information content (AvgIpc) is 3.45. The largest absolute Gasteiger partial charge is 0.497 e. The molecule has 5 heteroatoms. The Morgan fingerprint density at radius 2 is 1.96 bits per heavy atom. The van der Waals surface area contributed by atoms with Crippen LogP contribution in [0.25, 0.3) is 0 Å². The predicted octanol–water partition coefficient (Wildman–Crippen LogP) is 3.11. The molecule has 1 N–H and O–H groups in total. The Morgan fingerprint density at radius 1 is 1.18 bits per heavy atom. The Bertz CT molecular complexity index is 904. The minimum absolute atomic E-state index is 0.0520. The molecule has 0 aromatic heterocycles. The minimum Gasteiger partial charge on any atom is -0.497 e. The molecule has 2 amide bonds. The maximum Gasteiger partial charge on any atom is 0.242 e. The highest BCUT2D eigenvalue weighted by molar-refractivity contribution is 6.15. The monoisotopic (exact) mass is 378 g/mol. The normalized spacial score (nSPS) is 19.1. The minimum atomic E-state index is -0.889. The van der Waals surface area contributed by atoms with Crippen LogP contribution in [-0.4, -0.2) is 31.5 Å². The Kier molecular flexibility index (Phi) is 4.84. The first-order valence-electron chi connectivity index (χ1n) is 9.88. The highest BCUT2D eigenvalue weighted by Gasteiger charge is 2.59. The molecule has 1 saturated carbocycles. The molecule has 28 heavy (non-hydrogen) atoms. The van der Waals surface area contributed by atoms with Gasteiger partial charge in [0.25, 0.3) is 0 Å². The molecular formula is C23H26N2O3. The fraction of sp³-hybridized carbons (Fsp3) is 0.391. The van der Waals surface area contributed by atoms with E-state index >= 15 is 0 Å². The molecule has 0 saturated heterocycles. The number of rotatable bonds is 6. The van der Waals surface area contributed by atoms with Gasteiger partial charge in [-0.15, -0.1) is 0 Å². The van der Waals surface area contributed by atoms with Crippen molar-refractivity contribution in [1.29, 1.82) is 0 Å². The van der Waals surface area contributed by atoms with Crippen molar-refractivity contribution >= 4 is 17.5 Å². The maximum atomic E-state index is 13.3. The van der Waals surface area contributed by atoms with Crippen molar-refractivity contribution in [2.45, 2.75) is 38.6 Å². The highest BCUT2D eigenvalue weighted by Crippen LogP contribution is 2.49. The van der Waals surface area contributed by atoms with Gasteiger partial charge in [-0.1, -0.05) is 30.3 Å². The molecule has 0 radical (unpaired) electrons. The molecule has 1 heterocycles. The summed E-state index contributed by atoms with van der Waals surface area (Å²) in [6.07, 6.45) is 2.80. The van der Waals surface area contributed by atoms with Gasteiger partial charge in [0.2, 0.25) is 11.8 Å². The van der Waals surface area contributed by atoms with Gasteiger partial charge >= 0.3 is 0 Å². The Labute approximate surface area is 165 Å². The Hall–Kier alpha value is -2.82. The number of benzene rings is 2. The first-order chi connectivity index (χ1) is 13.5. The molecule has 2 aromatic carbocycles. The van der Waals surface area contributed by atoms with Crippen molar-refractivity contribution in [2.24, 2.45) is 5.41 Å². The zero-order valence-corrected chi connectivity index (χ0v) is 16.4. The number of ether oxygens (including phenoxy) is 1. The lowest BCUT2D eigenvalue weighted by Crippen LogP contribution is -2.47. The molecule has 5 nitrogen and oxygen atoms in total. The van der Waals surface area contributed by atoms with Crippen LogP contribution in [0.3, 0.4) is 0 Å². The van der Waals surface area contributed by atoms with E-state index in [1.807, 2.05) is 47.4 Å². The first kappa shape index (κ1) is 18.5. The summed E-state index contributed by atoms with van der Waals surface area (Å²) in [5, 5.41) is 2.99. The molecule has 0 spiro atoms. The molecule has 2 aliphatic rings.